The summed E-state index contributed by atoms with van der Waals surface area (Å²) in [7, 11) is 0. The van der Waals surface area contributed by atoms with Crippen molar-refractivity contribution in [3.8, 4) is 5.75 Å². The molecule has 0 unspecified atom stereocenters. The van der Waals surface area contributed by atoms with E-state index in [-0.39, 0.29) is 5.91 Å². The number of carbonyl (C=O) groups is 1. The number of fused-ring (bicyclic) bond motifs is 1. The lowest BCUT2D eigenvalue weighted by Crippen LogP contribution is -2.49. The molecule has 184 valence electrons. The molecule has 1 aromatic heterocycles. The van der Waals surface area contributed by atoms with Gasteiger partial charge in [0.05, 0.1) is 12.3 Å². The summed E-state index contributed by atoms with van der Waals surface area (Å²) in [5.74, 6) is 1.10. The van der Waals surface area contributed by atoms with Crippen molar-refractivity contribution in [1.29, 1.82) is 0 Å². The fraction of sp³-hybridized carbons (Fsp3) is 0.433. The third-order valence-corrected chi connectivity index (χ3v) is 7.54. The zero-order valence-corrected chi connectivity index (χ0v) is 21.3. The maximum atomic E-state index is 14.0. The summed E-state index contributed by atoms with van der Waals surface area (Å²) in [6.07, 6.45) is 4.57. The van der Waals surface area contributed by atoms with Gasteiger partial charge in [-0.3, -0.25) is 4.79 Å². The molecule has 0 radical (unpaired) electrons. The lowest BCUT2D eigenvalue weighted by Gasteiger charge is -2.37. The number of hydrogen-bond acceptors (Lipinski definition) is 3. The molecule has 0 atom stereocenters. The zero-order chi connectivity index (χ0) is 24.4. The highest BCUT2D eigenvalue weighted by Gasteiger charge is 2.31. The van der Waals surface area contributed by atoms with Crippen molar-refractivity contribution in [3.63, 3.8) is 0 Å². The molecule has 3 aromatic rings. The summed E-state index contributed by atoms with van der Waals surface area (Å²) in [6, 6.07) is 16.9. The van der Waals surface area contributed by atoms with Gasteiger partial charge in [0.1, 0.15) is 11.4 Å². The molecule has 2 heterocycles. The summed E-state index contributed by atoms with van der Waals surface area (Å²) < 4.78 is 8.20. The number of anilines is 1. The number of amides is 1. The first-order valence-corrected chi connectivity index (χ1v) is 13.1. The number of aromatic nitrogens is 1. The Balaban J connectivity index is 1.40. The molecule has 35 heavy (non-hydrogen) atoms. The van der Waals surface area contributed by atoms with Crippen LogP contribution in [0.4, 0.5) is 5.69 Å². The van der Waals surface area contributed by atoms with Crippen molar-refractivity contribution in [3.05, 3.63) is 82.2 Å². The molecule has 2 aliphatic rings. The van der Waals surface area contributed by atoms with Gasteiger partial charge in [0.15, 0.2) is 0 Å². The zero-order valence-electron chi connectivity index (χ0n) is 21.3. The van der Waals surface area contributed by atoms with Gasteiger partial charge < -0.3 is 19.1 Å². The lowest BCUT2D eigenvalue weighted by molar-refractivity contribution is 0.0735. The van der Waals surface area contributed by atoms with E-state index in [0.717, 1.165) is 62.7 Å². The van der Waals surface area contributed by atoms with Crippen molar-refractivity contribution in [2.75, 3.05) is 37.7 Å². The molecule has 5 rings (SSSR count). The molecule has 0 saturated carbocycles. The Morgan fingerprint density at radius 1 is 0.943 bits per heavy atom. The second-order valence-corrected chi connectivity index (χ2v) is 9.86. The van der Waals surface area contributed by atoms with Gasteiger partial charge in [0.25, 0.3) is 5.91 Å². The average molecular weight is 472 g/mol. The fourth-order valence-corrected chi connectivity index (χ4v) is 5.81. The quantitative estimate of drug-likeness (QED) is 0.484. The predicted molar refractivity (Wildman–Crippen MR) is 142 cm³/mol. The minimum Gasteiger partial charge on any atom is -0.492 e. The Labute approximate surface area is 209 Å². The van der Waals surface area contributed by atoms with Crippen LogP contribution in [0.15, 0.2) is 48.5 Å². The Morgan fingerprint density at radius 2 is 1.71 bits per heavy atom. The number of aryl methyl sites for hydroxylation is 1. The number of ether oxygens (including phenoxy) is 1. The summed E-state index contributed by atoms with van der Waals surface area (Å²) in [4.78, 5) is 18.4. The Morgan fingerprint density at radius 3 is 2.49 bits per heavy atom. The van der Waals surface area contributed by atoms with Crippen LogP contribution in [0.3, 0.4) is 0 Å². The van der Waals surface area contributed by atoms with E-state index >= 15 is 0 Å². The van der Waals surface area contributed by atoms with Crippen LogP contribution in [0.2, 0.25) is 0 Å². The molecule has 2 aromatic carbocycles. The van der Waals surface area contributed by atoms with E-state index in [1.54, 1.807) is 0 Å². The average Bonchev–Trinajstić information content (AvgIpc) is 3.16. The van der Waals surface area contributed by atoms with Crippen LogP contribution in [0.1, 0.15) is 58.2 Å². The second-order valence-electron chi connectivity index (χ2n) is 9.86. The van der Waals surface area contributed by atoms with Crippen LogP contribution in [-0.2, 0) is 19.4 Å². The third-order valence-electron chi connectivity index (χ3n) is 7.54. The topological polar surface area (TPSA) is 37.7 Å². The smallest absolute Gasteiger partial charge is 0.270 e. The third kappa shape index (κ3) is 4.69. The van der Waals surface area contributed by atoms with Gasteiger partial charge >= 0.3 is 0 Å². The highest BCUT2D eigenvalue weighted by atomic mass is 16.5. The maximum Gasteiger partial charge on any atom is 0.270 e. The molecule has 5 nitrogen and oxygen atoms in total. The Bertz CT molecular complexity index is 1200. The first kappa shape index (κ1) is 23.5. The van der Waals surface area contributed by atoms with Crippen molar-refractivity contribution < 1.29 is 9.53 Å². The Kier molecular flexibility index (Phi) is 6.85. The number of para-hydroxylation sites is 2. The standard InChI is InChI=1S/C30H37N3O2/c1-4-35-28-15-8-7-14-27(28)31-16-18-32(19-17-31)30(34)29-23(3)25-12-5-6-13-26(25)33(29)21-24-11-9-10-22(2)20-24/h7-11,14-15,20H,4-6,12-13,16-19,21H2,1-3H3. The van der Waals surface area contributed by atoms with E-state index in [9.17, 15) is 4.79 Å². The van der Waals surface area contributed by atoms with Crippen LogP contribution < -0.4 is 9.64 Å². The van der Waals surface area contributed by atoms with Crippen molar-refractivity contribution in [2.24, 2.45) is 0 Å². The molecular formula is C30H37N3O2. The van der Waals surface area contributed by atoms with Crippen LogP contribution in [0.25, 0.3) is 0 Å². The second kappa shape index (κ2) is 10.2. The van der Waals surface area contributed by atoms with Gasteiger partial charge in [-0.05, 0) is 75.3 Å². The van der Waals surface area contributed by atoms with Crippen molar-refractivity contribution in [1.82, 2.24) is 9.47 Å². The number of rotatable bonds is 6. The first-order valence-electron chi connectivity index (χ1n) is 13.1. The molecule has 0 N–H and O–H groups in total. The molecule has 0 spiro atoms. The highest BCUT2D eigenvalue weighted by Crippen LogP contribution is 2.33. The number of hydrogen-bond donors (Lipinski definition) is 0. The molecule has 0 bridgehead atoms. The molecule has 1 fully saturated rings. The number of carbonyl (C=O) groups excluding carboxylic acids is 1. The lowest BCUT2D eigenvalue weighted by atomic mass is 9.95. The summed E-state index contributed by atoms with van der Waals surface area (Å²) in [6.45, 7) is 10.8. The number of benzene rings is 2. The molecule has 1 aliphatic carbocycles. The van der Waals surface area contributed by atoms with Gasteiger partial charge in [-0.25, -0.2) is 0 Å². The monoisotopic (exact) mass is 471 g/mol. The van der Waals surface area contributed by atoms with Crippen molar-refractivity contribution in [2.45, 2.75) is 53.0 Å². The van der Waals surface area contributed by atoms with Gasteiger partial charge in [0, 0.05) is 38.4 Å². The molecule has 1 saturated heterocycles. The normalized spacial score (nSPS) is 15.7. The Hall–Kier alpha value is -3.21. The van der Waals surface area contributed by atoms with Crippen LogP contribution in [0, 0.1) is 13.8 Å². The van der Waals surface area contributed by atoms with E-state index in [1.807, 2.05) is 19.1 Å². The first-order chi connectivity index (χ1) is 17.1. The van der Waals surface area contributed by atoms with Crippen LogP contribution in [0.5, 0.6) is 5.75 Å². The summed E-state index contributed by atoms with van der Waals surface area (Å²) >= 11 is 0. The van der Waals surface area contributed by atoms with Gasteiger partial charge in [-0.15, -0.1) is 0 Å². The van der Waals surface area contributed by atoms with E-state index in [2.05, 4.69) is 64.6 Å². The van der Waals surface area contributed by atoms with Gasteiger partial charge in [-0.1, -0.05) is 42.0 Å². The molecular weight excluding hydrogens is 434 g/mol. The SMILES string of the molecule is CCOc1ccccc1N1CCN(C(=O)c2c(C)c3c(n2Cc2cccc(C)c2)CCCC3)CC1. The molecule has 1 aliphatic heterocycles. The fourth-order valence-electron chi connectivity index (χ4n) is 5.81. The van der Waals surface area contributed by atoms with Gasteiger partial charge in [-0.2, -0.15) is 0 Å². The molecule has 1 amide bonds. The summed E-state index contributed by atoms with van der Waals surface area (Å²) in [5.41, 5.74) is 8.54. The number of nitrogens with zero attached hydrogens (tertiary/aromatic N) is 3. The van der Waals surface area contributed by atoms with Crippen LogP contribution >= 0.6 is 0 Å². The van der Waals surface area contributed by atoms with Crippen molar-refractivity contribution >= 4 is 11.6 Å². The largest absolute Gasteiger partial charge is 0.492 e. The van der Waals surface area contributed by atoms with E-state index in [0.29, 0.717) is 6.61 Å². The van der Waals surface area contributed by atoms with E-state index in [4.69, 9.17) is 4.74 Å². The number of piperazine rings is 1. The summed E-state index contributed by atoms with van der Waals surface area (Å²) in [5, 5.41) is 0. The van der Waals surface area contributed by atoms with E-state index in [1.165, 1.54) is 40.8 Å². The predicted octanol–water partition coefficient (Wildman–Crippen LogP) is 5.39. The van der Waals surface area contributed by atoms with Crippen LogP contribution in [-0.4, -0.2) is 48.2 Å². The highest BCUT2D eigenvalue weighted by molar-refractivity contribution is 5.95. The maximum absolute atomic E-state index is 14.0. The minimum atomic E-state index is 0.183. The molecule has 5 heteroatoms. The van der Waals surface area contributed by atoms with Gasteiger partial charge in [0.2, 0.25) is 0 Å². The minimum absolute atomic E-state index is 0.183. The van der Waals surface area contributed by atoms with E-state index < -0.39 is 0 Å².